The molecule has 1 aromatic rings. The fourth-order valence-corrected chi connectivity index (χ4v) is 1.96. The van der Waals surface area contributed by atoms with Gasteiger partial charge in [-0.05, 0) is 32.0 Å². The van der Waals surface area contributed by atoms with Gasteiger partial charge in [-0.1, -0.05) is 0 Å². The lowest BCUT2D eigenvalue weighted by Crippen LogP contribution is -2.28. The zero-order valence-corrected chi connectivity index (χ0v) is 8.69. The molecule has 2 rings (SSSR count). The Morgan fingerprint density at radius 1 is 1.47 bits per heavy atom. The van der Waals surface area contributed by atoms with Crippen LogP contribution in [0.1, 0.15) is 24.4 Å². The zero-order chi connectivity index (χ0) is 10.5. The molecule has 4 heteroatoms. The van der Waals surface area contributed by atoms with E-state index in [1.54, 1.807) is 6.21 Å². The van der Waals surface area contributed by atoms with Crippen LogP contribution in [0.3, 0.4) is 0 Å². The highest BCUT2D eigenvalue weighted by Crippen LogP contribution is 2.18. The predicted molar refractivity (Wildman–Crippen MR) is 62.0 cm³/mol. The first-order chi connectivity index (χ1) is 7.40. The first-order valence-electron chi connectivity index (χ1n) is 5.30. The molecule has 0 aromatic carbocycles. The van der Waals surface area contributed by atoms with E-state index >= 15 is 0 Å². The van der Waals surface area contributed by atoms with Crippen LogP contribution in [0.5, 0.6) is 0 Å². The van der Waals surface area contributed by atoms with Crippen molar-refractivity contribution in [3.63, 3.8) is 0 Å². The van der Waals surface area contributed by atoms with Crippen molar-refractivity contribution >= 4 is 12.6 Å². The summed E-state index contributed by atoms with van der Waals surface area (Å²) in [5.74, 6) is 0. The highest BCUT2D eigenvalue weighted by Gasteiger charge is 2.13. The molecule has 0 spiro atoms. The highest BCUT2D eigenvalue weighted by molar-refractivity contribution is 5.84. The molecule has 0 atom stereocenters. The van der Waals surface area contributed by atoms with Crippen molar-refractivity contribution in [3.05, 3.63) is 24.0 Å². The second-order valence-corrected chi connectivity index (χ2v) is 3.78. The summed E-state index contributed by atoms with van der Waals surface area (Å²) in [6.45, 7) is 2.21. The molecule has 0 radical (unpaired) electrons. The number of aliphatic imine (C=N–C) groups is 1. The van der Waals surface area contributed by atoms with Crippen molar-refractivity contribution in [2.45, 2.75) is 18.9 Å². The topological polar surface area (TPSA) is 53.2 Å². The molecule has 15 heavy (non-hydrogen) atoms. The number of rotatable bonds is 3. The monoisotopic (exact) mass is 204 g/mol. The normalized spacial score (nSPS) is 18.4. The van der Waals surface area contributed by atoms with Gasteiger partial charge in [-0.15, -0.1) is 0 Å². The predicted octanol–water partition coefficient (Wildman–Crippen LogP) is 1.44. The fourth-order valence-electron chi connectivity index (χ4n) is 1.96. The Hall–Kier alpha value is -1.42. The van der Waals surface area contributed by atoms with Gasteiger partial charge in [-0.3, -0.25) is 5.41 Å². The van der Waals surface area contributed by atoms with Crippen LogP contribution >= 0.6 is 0 Å². The molecule has 1 aromatic heterocycles. The quantitative estimate of drug-likeness (QED) is 0.568. The number of hydrogen-bond donors (Lipinski definition) is 2. The van der Waals surface area contributed by atoms with Crippen molar-refractivity contribution in [2.24, 2.45) is 4.99 Å². The van der Waals surface area contributed by atoms with Gasteiger partial charge in [0.1, 0.15) is 6.34 Å². The van der Waals surface area contributed by atoms with Gasteiger partial charge in [0.05, 0.1) is 0 Å². The minimum Gasteiger partial charge on any atom is -0.350 e. The van der Waals surface area contributed by atoms with E-state index in [0.717, 1.165) is 25.0 Å². The summed E-state index contributed by atoms with van der Waals surface area (Å²) in [5, 5.41) is 10.2. The second kappa shape index (κ2) is 4.89. The lowest BCUT2D eigenvalue weighted by Gasteiger charge is -2.24. The Labute approximate surface area is 89.5 Å². The van der Waals surface area contributed by atoms with Crippen LogP contribution in [-0.2, 0) is 0 Å². The highest BCUT2D eigenvalue weighted by atomic mass is 15.0. The third-order valence-electron chi connectivity index (χ3n) is 2.77. The molecular formula is C11H16N4. The van der Waals surface area contributed by atoms with Crippen molar-refractivity contribution in [2.75, 3.05) is 13.1 Å². The summed E-state index contributed by atoms with van der Waals surface area (Å²) >= 11 is 0. The van der Waals surface area contributed by atoms with Gasteiger partial charge >= 0.3 is 0 Å². The van der Waals surface area contributed by atoms with Gasteiger partial charge in [0.15, 0.2) is 0 Å². The Balaban J connectivity index is 2.05. The number of nitrogens with one attached hydrogen (secondary N) is 2. The molecule has 0 bridgehead atoms. The Morgan fingerprint density at radius 3 is 3.00 bits per heavy atom. The van der Waals surface area contributed by atoms with Gasteiger partial charge in [0, 0.05) is 30.2 Å². The van der Waals surface area contributed by atoms with Gasteiger partial charge in [0.2, 0.25) is 0 Å². The molecule has 1 fully saturated rings. The number of piperidine rings is 1. The van der Waals surface area contributed by atoms with Crippen LogP contribution in [0.25, 0.3) is 0 Å². The van der Waals surface area contributed by atoms with Crippen LogP contribution in [0, 0.1) is 5.41 Å². The van der Waals surface area contributed by atoms with Gasteiger partial charge in [-0.25, -0.2) is 4.99 Å². The minimum atomic E-state index is 0.619. The third-order valence-corrected chi connectivity index (χ3v) is 2.77. The van der Waals surface area contributed by atoms with E-state index in [9.17, 15) is 0 Å². The maximum Gasteiger partial charge on any atom is 0.106 e. The molecule has 1 aliphatic heterocycles. The molecule has 0 amide bonds. The molecule has 0 aliphatic carbocycles. The van der Waals surface area contributed by atoms with Gasteiger partial charge < -0.3 is 9.88 Å². The standard InChI is InChI=1S/C11H16N4/c12-9-14-7-10-3-6-15(8-10)11-1-4-13-5-2-11/h3,6-9,11-13H,1-2,4-5H2/b12-9?,14-7-. The van der Waals surface area contributed by atoms with E-state index in [1.165, 1.54) is 12.8 Å². The minimum absolute atomic E-state index is 0.619. The van der Waals surface area contributed by atoms with Crippen LogP contribution in [0.4, 0.5) is 0 Å². The Bertz CT molecular complexity index is 347. The molecule has 2 N–H and O–H groups in total. The van der Waals surface area contributed by atoms with E-state index in [0.29, 0.717) is 6.04 Å². The van der Waals surface area contributed by atoms with Crippen LogP contribution < -0.4 is 5.32 Å². The smallest absolute Gasteiger partial charge is 0.106 e. The van der Waals surface area contributed by atoms with E-state index in [4.69, 9.17) is 5.41 Å². The number of nitrogens with zero attached hydrogens (tertiary/aromatic N) is 2. The van der Waals surface area contributed by atoms with E-state index < -0.39 is 0 Å². The maximum absolute atomic E-state index is 6.82. The molecular weight excluding hydrogens is 188 g/mol. The van der Waals surface area contributed by atoms with Crippen molar-refractivity contribution in [1.82, 2.24) is 9.88 Å². The van der Waals surface area contributed by atoms with E-state index in [-0.39, 0.29) is 0 Å². The van der Waals surface area contributed by atoms with Gasteiger partial charge in [-0.2, -0.15) is 0 Å². The van der Waals surface area contributed by atoms with Crippen molar-refractivity contribution in [1.29, 1.82) is 5.41 Å². The van der Waals surface area contributed by atoms with Crippen LogP contribution in [0.2, 0.25) is 0 Å². The first-order valence-corrected chi connectivity index (χ1v) is 5.30. The summed E-state index contributed by atoms with van der Waals surface area (Å²) in [7, 11) is 0. The second-order valence-electron chi connectivity index (χ2n) is 3.78. The molecule has 1 saturated heterocycles. The SMILES string of the molecule is N=C/N=C\c1ccn(C2CCNCC2)c1. The van der Waals surface area contributed by atoms with Crippen molar-refractivity contribution in [3.8, 4) is 0 Å². The van der Waals surface area contributed by atoms with Crippen LogP contribution in [0.15, 0.2) is 23.5 Å². The maximum atomic E-state index is 6.82. The molecule has 80 valence electrons. The first kappa shape index (κ1) is 10.1. The van der Waals surface area contributed by atoms with Gasteiger partial charge in [0.25, 0.3) is 0 Å². The fraction of sp³-hybridized carbons (Fsp3) is 0.455. The average molecular weight is 204 g/mol. The lowest BCUT2D eigenvalue weighted by atomic mass is 10.1. The van der Waals surface area contributed by atoms with E-state index in [1.807, 2.05) is 6.07 Å². The lowest BCUT2D eigenvalue weighted by molar-refractivity contribution is 0.369. The Kier molecular flexibility index (Phi) is 3.29. The zero-order valence-electron chi connectivity index (χ0n) is 8.69. The summed E-state index contributed by atoms with van der Waals surface area (Å²) in [5.41, 5.74) is 1.07. The summed E-state index contributed by atoms with van der Waals surface area (Å²) in [6, 6.07) is 2.66. The number of hydrogen-bond acceptors (Lipinski definition) is 2. The van der Waals surface area contributed by atoms with Crippen molar-refractivity contribution < 1.29 is 0 Å². The average Bonchev–Trinajstić information content (AvgIpc) is 2.76. The summed E-state index contributed by atoms with van der Waals surface area (Å²) < 4.78 is 2.26. The molecule has 1 aliphatic rings. The summed E-state index contributed by atoms with van der Waals surface area (Å²) in [4.78, 5) is 3.79. The Morgan fingerprint density at radius 2 is 2.27 bits per heavy atom. The number of aromatic nitrogens is 1. The molecule has 4 nitrogen and oxygen atoms in total. The molecule has 0 saturated carbocycles. The largest absolute Gasteiger partial charge is 0.350 e. The molecule has 0 unspecified atom stereocenters. The van der Waals surface area contributed by atoms with Crippen LogP contribution in [-0.4, -0.2) is 30.2 Å². The van der Waals surface area contributed by atoms with E-state index in [2.05, 4.69) is 27.3 Å². The molecule has 2 heterocycles. The third kappa shape index (κ3) is 2.53. The summed E-state index contributed by atoms with van der Waals surface area (Å²) in [6.07, 6.45) is 9.35.